The van der Waals surface area contributed by atoms with E-state index in [4.69, 9.17) is 19.4 Å². The molecule has 2 rings (SSSR count). The van der Waals surface area contributed by atoms with Crippen LogP contribution >= 0.6 is 0 Å². The average Bonchev–Trinajstić information content (AvgIpc) is 2.79. The maximum Gasteiger partial charge on any atom is 0.375 e. The van der Waals surface area contributed by atoms with E-state index < -0.39 is 23.5 Å². The zero-order valence-electron chi connectivity index (χ0n) is 9.91. The summed E-state index contributed by atoms with van der Waals surface area (Å²) in [5.74, 6) is -3.83. The summed E-state index contributed by atoms with van der Waals surface area (Å²) in [4.78, 5) is 22.2. The lowest BCUT2D eigenvalue weighted by molar-refractivity contribution is 0.0630. The molecular weight excluding hydrogens is 252 g/mol. The van der Waals surface area contributed by atoms with Crippen molar-refractivity contribution >= 4 is 11.9 Å². The minimum atomic E-state index is -1.39. The number of benzene rings is 1. The van der Waals surface area contributed by atoms with Gasteiger partial charge < -0.3 is 19.4 Å². The van der Waals surface area contributed by atoms with Crippen molar-refractivity contribution < 1.29 is 29.0 Å². The van der Waals surface area contributed by atoms with Crippen molar-refractivity contribution in [2.24, 2.45) is 0 Å². The molecule has 0 aliphatic rings. The lowest BCUT2D eigenvalue weighted by Crippen LogP contribution is -1.97. The number of carboxylic acids is 2. The predicted octanol–water partition coefficient (Wildman–Crippen LogP) is 2.35. The van der Waals surface area contributed by atoms with Gasteiger partial charge >= 0.3 is 11.9 Å². The van der Waals surface area contributed by atoms with Crippen molar-refractivity contribution in [1.82, 2.24) is 0 Å². The molecule has 0 bridgehead atoms. The molecule has 0 aliphatic heterocycles. The van der Waals surface area contributed by atoms with Crippen molar-refractivity contribution in [2.75, 3.05) is 7.11 Å². The van der Waals surface area contributed by atoms with E-state index in [1.165, 1.54) is 7.11 Å². The van der Waals surface area contributed by atoms with Crippen LogP contribution in [0.4, 0.5) is 0 Å². The standard InChI is InChI=1S/C13H10O6/c1-18-9-8(7-5-3-2-4-6-7)10(12(14)15)19-11(9)13(16)17/h2-6H,1H3,(H,14,15)(H,16,17). The molecular formula is C13H10O6. The monoisotopic (exact) mass is 262 g/mol. The van der Waals surface area contributed by atoms with Crippen LogP contribution in [0, 0.1) is 0 Å². The second-order valence-corrected chi connectivity index (χ2v) is 3.64. The van der Waals surface area contributed by atoms with Gasteiger partial charge in [0.15, 0.2) is 5.75 Å². The molecule has 0 unspecified atom stereocenters. The van der Waals surface area contributed by atoms with Gasteiger partial charge in [0.25, 0.3) is 5.76 Å². The molecule has 0 saturated carbocycles. The summed E-state index contributed by atoms with van der Waals surface area (Å²) in [6.45, 7) is 0. The van der Waals surface area contributed by atoms with Crippen molar-refractivity contribution in [3.8, 4) is 16.9 Å². The van der Waals surface area contributed by atoms with Gasteiger partial charge in [-0.3, -0.25) is 0 Å². The number of carboxylic acid groups (broad SMARTS) is 2. The number of hydrogen-bond donors (Lipinski definition) is 2. The molecule has 6 heteroatoms. The first-order valence-electron chi connectivity index (χ1n) is 5.29. The zero-order valence-corrected chi connectivity index (χ0v) is 9.91. The molecule has 98 valence electrons. The van der Waals surface area contributed by atoms with Gasteiger partial charge in [0.2, 0.25) is 5.76 Å². The molecule has 6 nitrogen and oxygen atoms in total. The predicted molar refractivity (Wildman–Crippen MR) is 64.6 cm³/mol. The van der Waals surface area contributed by atoms with E-state index in [1.54, 1.807) is 30.3 Å². The van der Waals surface area contributed by atoms with Crippen LogP contribution in [0.1, 0.15) is 21.1 Å². The van der Waals surface area contributed by atoms with Crippen molar-refractivity contribution in [1.29, 1.82) is 0 Å². The number of aromatic carboxylic acids is 2. The minimum absolute atomic E-state index is 0.101. The highest BCUT2D eigenvalue weighted by molar-refractivity contribution is 6.00. The maximum absolute atomic E-state index is 11.2. The van der Waals surface area contributed by atoms with E-state index in [1.807, 2.05) is 0 Å². The fourth-order valence-corrected chi connectivity index (χ4v) is 1.77. The largest absolute Gasteiger partial charge is 0.492 e. The van der Waals surface area contributed by atoms with Crippen molar-refractivity contribution in [2.45, 2.75) is 0 Å². The highest BCUT2D eigenvalue weighted by Gasteiger charge is 2.30. The second-order valence-electron chi connectivity index (χ2n) is 3.64. The van der Waals surface area contributed by atoms with E-state index in [9.17, 15) is 9.59 Å². The zero-order chi connectivity index (χ0) is 14.0. The highest BCUT2D eigenvalue weighted by atomic mass is 16.5. The van der Waals surface area contributed by atoms with E-state index in [2.05, 4.69) is 0 Å². The summed E-state index contributed by atoms with van der Waals surface area (Å²) in [6.07, 6.45) is 0. The third kappa shape index (κ3) is 2.15. The second kappa shape index (κ2) is 4.85. The first-order chi connectivity index (χ1) is 9.06. The van der Waals surface area contributed by atoms with Crippen LogP contribution < -0.4 is 4.74 Å². The molecule has 0 aliphatic carbocycles. The van der Waals surface area contributed by atoms with Crippen LogP contribution in [0.15, 0.2) is 34.7 Å². The van der Waals surface area contributed by atoms with Gasteiger partial charge in [-0.15, -0.1) is 0 Å². The molecule has 1 aromatic carbocycles. The summed E-state index contributed by atoms with van der Waals surface area (Å²) in [5.41, 5.74) is 0.626. The van der Waals surface area contributed by atoms with Crippen LogP contribution in [-0.2, 0) is 0 Å². The Kier molecular flexibility index (Phi) is 3.24. The fraction of sp³-hybridized carbons (Fsp3) is 0.0769. The Hall–Kier alpha value is -2.76. The highest BCUT2D eigenvalue weighted by Crippen LogP contribution is 2.38. The van der Waals surface area contributed by atoms with Crippen LogP contribution in [0.2, 0.25) is 0 Å². The van der Waals surface area contributed by atoms with Gasteiger partial charge in [-0.1, -0.05) is 30.3 Å². The Morgan fingerprint density at radius 2 is 1.63 bits per heavy atom. The third-order valence-corrected chi connectivity index (χ3v) is 2.52. The quantitative estimate of drug-likeness (QED) is 0.877. The smallest absolute Gasteiger partial charge is 0.375 e. The Morgan fingerprint density at radius 3 is 2.11 bits per heavy atom. The van der Waals surface area contributed by atoms with E-state index in [-0.39, 0.29) is 11.3 Å². The lowest BCUT2D eigenvalue weighted by Gasteiger charge is -2.03. The molecule has 1 heterocycles. The first kappa shape index (κ1) is 12.7. The Morgan fingerprint density at radius 1 is 1.05 bits per heavy atom. The number of ether oxygens (including phenoxy) is 1. The molecule has 0 fully saturated rings. The lowest BCUT2D eigenvalue weighted by atomic mass is 10.0. The summed E-state index contributed by atoms with van der Waals surface area (Å²) in [5, 5.41) is 18.1. The number of rotatable bonds is 4. The van der Waals surface area contributed by atoms with Gasteiger partial charge in [-0.25, -0.2) is 9.59 Å². The first-order valence-corrected chi connectivity index (χ1v) is 5.29. The minimum Gasteiger partial charge on any atom is -0.492 e. The van der Waals surface area contributed by atoms with E-state index in [0.29, 0.717) is 5.56 Å². The van der Waals surface area contributed by atoms with Gasteiger partial charge in [0, 0.05) is 0 Å². The molecule has 2 aromatic rings. The maximum atomic E-state index is 11.2. The molecule has 0 radical (unpaired) electrons. The molecule has 2 N–H and O–H groups in total. The van der Waals surface area contributed by atoms with Gasteiger partial charge in [0.1, 0.15) is 0 Å². The van der Waals surface area contributed by atoms with E-state index >= 15 is 0 Å². The summed E-state index contributed by atoms with van der Waals surface area (Å²) < 4.78 is 9.88. The van der Waals surface area contributed by atoms with Gasteiger partial charge in [0.05, 0.1) is 12.7 Å². The number of furan rings is 1. The number of hydrogen-bond acceptors (Lipinski definition) is 4. The Balaban J connectivity index is 2.76. The average molecular weight is 262 g/mol. The normalized spacial score (nSPS) is 10.2. The molecule has 0 spiro atoms. The summed E-state index contributed by atoms with van der Waals surface area (Å²) in [7, 11) is 1.26. The number of methoxy groups -OCH3 is 1. The van der Waals surface area contributed by atoms with Crippen molar-refractivity contribution in [3.05, 3.63) is 41.9 Å². The SMILES string of the molecule is COc1c(C(=O)O)oc(C(=O)O)c1-c1ccccc1. The summed E-state index contributed by atoms with van der Waals surface area (Å²) in [6, 6.07) is 8.45. The van der Waals surface area contributed by atoms with E-state index in [0.717, 1.165) is 0 Å². The third-order valence-electron chi connectivity index (χ3n) is 2.52. The fourth-order valence-electron chi connectivity index (χ4n) is 1.77. The number of carbonyl (C=O) groups is 2. The molecule has 0 atom stereocenters. The van der Waals surface area contributed by atoms with Crippen LogP contribution in [0.25, 0.3) is 11.1 Å². The van der Waals surface area contributed by atoms with Gasteiger partial charge in [-0.2, -0.15) is 0 Å². The molecule has 0 amide bonds. The van der Waals surface area contributed by atoms with Crippen molar-refractivity contribution in [3.63, 3.8) is 0 Å². The van der Waals surface area contributed by atoms with Crippen LogP contribution in [-0.4, -0.2) is 29.3 Å². The molecule has 0 saturated heterocycles. The molecule has 1 aromatic heterocycles. The topological polar surface area (TPSA) is 97.0 Å². The molecule has 19 heavy (non-hydrogen) atoms. The Labute approximate surface area is 107 Å². The Bertz CT molecular complexity index is 626. The summed E-state index contributed by atoms with van der Waals surface area (Å²) >= 11 is 0. The van der Waals surface area contributed by atoms with Gasteiger partial charge in [-0.05, 0) is 5.56 Å². The van der Waals surface area contributed by atoms with Crippen LogP contribution in [0.5, 0.6) is 5.75 Å². The van der Waals surface area contributed by atoms with Crippen LogP contribution in [0.3, 0.4) is 0 Å².